The summed E-state index contributed by atoms with van der Waals surface area (Å²) < 4.78 is 15.6. The van der Waals surface area contributed by atoms with Gasteiger partial charge in [-0.3, -0.25) is 4.79 Å². The molecule has 0 aliphatic rings. The number of carbonyl (C=O) groups is 1. The van der Waals surface area contributed by atoms with Gasteiger partial charge in [0.15, 0.2) is 0 Å². The number of primary amides is 1. The zero-order chi connectivity index (χ0) is 19.8. The molecule has 5 nitrogen and oxygen atoms in total. The van der Waals surface area contributed by atoms with E-state index in [0.29, 0.717) is 12.1 Å². The molecule has 4 aromatic rings. The maximum Gasteiger partial charge on any atom is 0.250 e. The number of aryl methyl sites for hydroxylation is 1. The molecule has 0 aliphatic carbocycles. The van der Waals surface area contributed by atoms with Crippen molar-refractivity contribution in [1.82, 2.24) is 14.5 Å². The van der Waals surface area contributed by atoms with Crippen LogP contribution in [0, 0.1) is 19.7 Å². The third-order valence-corrected chi connectivity index (χ3v) is 6.10. The first-order chi connectivity index (χ1) is 13.4. The Morgan fingerprint density at radius 2 is 1.93 bits per heavy atom. The van der Waals surface area contributed by atoms with Gasteiger partial charge in [-0.2, -0.15) is 0 Å². The van der Waals surface area contributed by atoms with Gasteiger partial charge in [0.05, 0.1) is 22.0 Å². The van der Waals surface area contributed by atoms with Crippen LogP contribution >= 0.6 is 22.7 Å². The molecule has 4 rings (SSSR count). The van der Waals surface area contributed by atoms with E-state index in [2.05, 4.69) is 4.98 Å². The van der Waals surface area contributed by atoms with Gasteiger partial charge >= 0.3 is 0 Å². The van der Waals surface area contributed by atoms with Crippen LogP contribution in [0.25, 0.3) is 22.1 Å². The number of benzene rings is 1. The van der Waals surface area contributed by atoms with Crippen LogP contribution in [0.15, 0.2) is 41.1 Å². The van der Waals surface area contributed by atoms with Crippen LogP contribution in [0.5, 0.6) is 0 Å². The Hall–Kier alpha value is -2.84. The quantitative estimate of drug-likeness (QED) is 0.519. The van der Waals surface area contributed by atoms with Gasteiger partial charge in [-0.15, -0.1) is 22.7 Å². The van der Waals surface area contributed by atoms with Crippen molar-refractivity contribution in [2.75, 3.05) is 0 Å². The molecule has 0 saturated heterocycles. The van der Waals surface area contributed by atoms with E-state index < -0.39 is 5.91 Å². The highest BCUT2D eigenvalue weighted by molar-refractivity contribution is 7.14. The molecular weight excluding hydrogens is 395 g/mol. The molecule has 1 amide bonds. The lowest BCUT2D eigenvalue weighted by molar-refractivity contribution is 0.0999. The number of hydrogen-bond donors (Lipinski definition) is 1. The molecule has 0 bridgehead atoms. The minimum Gasteiger partial charge on any atom is -0.366 e. The number of halogens is 1. The Morgan fingerprint density at radius 1 is 1.14 bits per heavy atom. The van der Waals surface area contributed by atoms with Crippen molar-refractivity contribution in [1.29, 1.82) is 0 Å². The van der Waals surface area contributed by atoms with E-state index in [1.165, 1.54) is 23.5 Å². The van der Waals surface area contributed by atoms with Crippen molar-refractivity contribution in [2.45, 2.75) is 20.4 Å². The molecule has 0 atom stereocenters. The highest BCUT2D eigenvalue weighted by atomic mass is 32.1. The largest absolute Gasteiger partial charge is 0.366 e. The van der Waals surface area contributed by atoms with Crippen molar-refractivity contribution in [3.8, 4) is 22.1 Å². The summed E-state index contributed by atoms with van der Waals surface area (Å²) >= 11 is 3.07. The SMILES string of the molecule is Cc1nc(-c2nc(-c3cc(C(N)=O)c(C)n3Cc3cccc(F)c3)cs2)cs1. The molecule has 0 fully saturated rings. The maximum absolute atomic E-state index is 13.6. The van der Waals surface area contributed by atoms with Gasteiger partial charge in [-0.1, -0.05) is 12.1 Å². The summed E-state index contributed by atoms with van der Waals surface area (Å²) in [5, 5.41) is 5.71. The number of hydrogen-bond acceptors (Lipinski definition) is 5. The zero-order valence-electron chi connectivity index (χ0n) is 15.3. The Bertz CT molecular complexity index is 1170. The number of nitrogens with two attached hydrogens (primary N) is 1. The van der Waals surface area contributed by atoms with Gasteiger partial charge in [-0.05, 0) is 37.6 Å². The Kier molecular flexibility index (Phi) is 4.82. The number of nitrogens with zero attached hydrogens (tertiary/aromatic N) is 3. The van der Waals surface area contributed by atoms with E-state index in [-0.39, 0.29) is 5.82 Å². The van der Waals surface area contributed by atoms with E-state index in [0.717, 1.165) is 38.4 Å². The van der Waals surface area contributed by atoms with Crippen LogP contribution in [0.1, 0.15) is 26.6 Å². The van der Waals surface area contributed by atoms with Crippen molar-refractivity contribution in [3.63, 3.8) is 0 Å². The van der Waals surface area contributed by atoms with Gasteiger partial charge in [0.1, 0.15) is 16.5 Å². The highest BCUT2D eigenvalue weighted by Gasteiger charge is 2.19. The highest BCUT2D eigenvalue weighted by Crippen LogP contribution is 2.32. The summed E-state index contributed by atoms with van der Waals surface area (Å²) in [7, 11) is 0. The number of thiazole rings is 2. The van der Waals surface area contributed by atoms with Crippen LogP contribution in [0.4, 0.5) is 4.39 Å². The normalized spacial score (nSPS) is 11.1. The fourth-order valence-corrected chi connectivity index (χ4v) is 4.54. The van der Waals surface area contributed by atoms with Gasteiger partial charge < -0.3 is 10.3 Å². The summed E-state index contributed by atoms with van der Waals surface area (Å²) in [6.45, 7) is 4.20. The zero-order valence-corrected chi connectivity index (χ0v) is 16.9. The molecule has 0 unspecified atom stereocenters. The van der Waals surface area contributed by atoms with E-state index in [4.69, 9.17) is 10.7 Å². The fraction of sp³-hybridized carbons (Fsp3) is 0.150. The summed E-state index contributed by atoms with van der Waals surface area (Å²) in [5.74, 6) is -0.795. The molecule has 142 valence electrons. The van der Waals surface area contributed by atoms with Gasteiger partial charge in [0, 0.05) is 23.0 Å². The Labute approximate surface area is 169 Å². The Morgan fingerprint density at radius 3 is 2.61 bits per heavy atom. The van der Waals surface area contributed by atoms with E-state index in [1.807, 2.05) is 35.2 Å². The molecule has 2 N–H and O–H groups in total. The molecule has 1 aromatic carbocycles. The first-order valence-corrected chi connectivity index (χ1v) is 10.3. The van der Waals surface area contributed by atoms with Crippen LogP contribution in [0.2, 0.25) is 0 Å². The monoisotopic (exact) mass is 412 g/mol. The molecule has 0 saturated carbocycles. The van der Waals surface area contributed by atoms with Crippen LogP contribution in [-0.2, 0) is 6.54 Å². The number of aromatic nitrogens is 3. The van der Waals surface area contributed by atoms with Crippen molar-refractivity contribution < 1.29 is 9.18 Å². The molecule has 28 heavy (non-hydrogen) atoms. The predicted molar refractivity (Wildman–Crippen MR) is 110 cm³/mol. The number of rotatable bonds is 5. The summed E-state index contributed by atoms with van der Waals surface area (Å²) in [6.07, 6.45) is 0. The lowest BCUT2D eigenvalue weighted by atomic mass is 10.2. The minimum atomic E-state index is -0.498. The third kappa shape index (κ3) is 3.48. The average molecular weight is 413 g/mol. The van der Waals surface area contributed by atoms with Gasteiger partial charge in [0.2, 0.25) is 0 Å². The van der Waals surface area contributed by atoms with E-state index in [1.54, 1.807) is 23.5 Å². The van der Waals surface area contributed by atoms with Crippen LogP contribution in [0.3, 0.4) is 0 Å². The van der Waals surface area contributed by atoms with Crippen molar-refractivity contribution in [3.05, 3.63) is 68.7 Å². The molecule has 8 heteroatoms. The first kappa shape index (κ1) is 18.5. The molecule has 3 aromatic heterocycles. The minimum absolute atomic E-state index is 0.297. The molecular formula is C20H17FN4OS2. The maximum atomic E-state index is 13.6. The number of carbonyl (C=O) groups excluding carboxylic acids is 1. The van der Waals surface area contributed by atoms with Crippen LogP contribution < -0.4 is 5.73 Å². The summed E-state index contributed by atoms with van der Waals surface area (Å²) in [5.41, 5.74) is 9.85. The summed E-state index contributed by atoms with van der Waals surface area (Å²) in [6, 6.07) is 8.16. The Balaban J connectivity index is 1.79. The second-order valence-corrected chi connectivity index (χ2v) is 8.32. The third-order valence-electron chi connectivity index (χ3n) is 4.47. The van der Waals surface area contributed by atoms with Crippen molar-refractivity contribution >= 4 is 28.6 Å². The first-order valence-electron chi connectivity index (χ1n) is 8.55. The van der Waals surface area contributed by atoms with E-state index in [9.17, 15) is 9.18 Å². The molecule has 0 aliphatic heterocycles. The molecule has 3 heterocycles. The summed E-state index contributed by atoms with van der Waals surface area (Å²) in [4.78, 5) is 21.1. The van der Waals surface area contributed by atoms with E-state index >= 15 is 0 Å². The predicted octanol–water partition coefficient (Wildman–Crippen LogP) is 4.64. The second-order valence-electron chi connectivity index (χ2n) is 6.40. The van der Waals surface area contributed by atoms with Gasteiger partial charge in [0.25, 0.3) is 5.91 Å². The molecule has 0 radical (unpaired) electrons. The fourth-order valence-electron chi connectivity index (χ4n) is 3.10. The van der Waals surface area contributed by atoms with Gasteiger partial charge in [-0.25, -0.2) is 14.4 Å². The lowest BCUT2D eigenvalue weighted by Crippen LogP contribution is -2.12. The topological polar surface area (TPSA) is 73.8 Å². The lowest BCUT2D eigenvalue weighted by Gasteiger charge is -2.11. The number of amides is 1. The smallest absolute Gasteiger partial charge is 0.250 e. The molecule has 0 spiro atoms. The van der Waals surface area contributed by atoms with Crippen LogP contribution in [-0.4, -0.2) is 20.4 Å². The van der Waals surface area contributed by atoms with Crippen molar-refractivity contribution in [2.24, 2.45) is 5.73 Å². The standard InChI is InChI=1S/C20H17FN4OS2/c1-11-15(19(22)26)7-18(25(11)8-13-4-3-5-14(21)6-13)16-9-28-20(24-16)17-10-27-12(2)23-17/h3-7,9-10H,8H2,1-2H3,(H2,22,26). The second kappa shape index (κ2) is 7.29. The average Bonchev–Trinajstić information content (AvgIpc) is 3.35.